The van der Waals surface area contributed by atoms with Gasteiger partial charge >= 0.3 is 0 Å². The number of carbonyl (C=O) groups is 2. The molecule has 1 aliphatic carbocycles. The third-order valence-corrected chi connectivity index (χ3v) is 6.33. The minimum Gasteiger partial charge on any atom is -0.497 e. The van der Waals surface area contributed by atoms with Gasteiger partial charge in [0.1, 0.15) is 11.8 Å². The maximum atomic E-state index is 13.5. The van der Waals surface area contributed by atoms with Gasteiger partial charge in [-0.2, -0.15) is 0 Å². The molecule has 5 heteroatoms. The van der Waals surface area contributed by atoms with Crippen molar-refractivity contribution in [3.05, 3.63) is 65.2 Å². The zero-order chi connectivity index (χ0) is 22.9. The van der Waals surface area contributed by atoms with Crippen LogP contribution in [-0.4, -0.2) is 35.9 Å². The van der Waals surface area contributed by atoms with E-state index >= 15 is 0 Å². The molecule has 0 aliphatic heterocycles. The van der Waals surface area contributed by atoms with Crippen LogP contribution in [0.15, 0.2) is 48.5 Å². The van der Waals surface area contributed by atoms with E-state index in [4.69, 9.17) is 4.74 Å². The summed E-state index contributed by atoms with van der Waals surface area (Å²) in [4.78, 5) is 28.5. The van der Waals surface area contributed by atoms with Gasteiger partial charge in [-0.3, -0.25) is 9.59 Å². The number of carbonyl (C=O) groups excluding carboxylic acids is 2. The molecule has 2 aromatic carbocycles. The van der Waals surface area contributed by atoms with Gasteiger partial charge in [0.2, 0.25) is 11.8 Å². The number of hydrogen-bond donors (Lipinski definition) is 1. The number of amides is 2. The summed E-state index contributed by atoms with van der Waals surface area (Å²) in [6, 6.07) is 15.4. The van der Waals surface area contributed by atoms with Crippen molar-refractivity contribution in [2.24, 2.45) is 0 Å². The molecule has 2 aromatic rings. The average Bonchev–Trinajstić information content (AvgIpc) is 2.81. The first-order valence-corrected chi connectivity index (χ1v) is 11.8. The van der Waals surface area contributed by atoms with E-state index < -0.39 is 6.04 Å². The van der Waals surface area contributed by atoms with Crippen molar-refractivity contribution in [1.82, 2.24) is 10.2 Å². The summed E-state index contributed by atoms with van der Waals surface area (Å²) in [6.45, 7) is 4.45. The molecule has 32 heavy (non-hydrogen) atoms. The van der Waals surface area contributed by atoms with Crippen LogP contribution in [0.5, 0.6) is 5.75 Å². The number of nitrogens with zero attached hydrogens (tertiary/aromatic N) is 1. The first-order chi connectivity index (χ1) is 15.5. The molecule has 0 spiro atoms. The zero-order valence-electron chi connectivity index (χ0n) is 19.6. The smallest absolute Gasteiger partial charge is 0.243 e. The van der Waals surface area contributed by atoms with Crippen molar-refractivity contribution < 1.29 is 14.3 Å². The van der Waals surface area contributed by atoms with Crippen LogP contribution in [-0.2, 0) is 22.6 Å². The number of nitrogens with one attached hydrogen (secondary N) is 1. The van der Waals surface area contributed by atoms with E-state index in [-0.39, 0.29) is 24.3 Å². The van der Waals surface area contributed by atoms with E-state index in [9.17, 15) is 9.59 Å². The van der Waals surface area contributed by atoms with E-state index in [2.05, 4.69) is 5.32 Å². The maximum absolute atomic E-state index is 13.5. The van der Waals surface area contributed by atoms with Gasteiger partial charge in [0.15, 0.2) is 0 Å². The molecule has 1 N–H and O–H groups in total. The highest BCUT2D eigenvalue weighted by atomic mass is 16.5. The van der Waals surface area contributed by atoms with E-state index in [1.54, 1.807) is 12.0 Å². The zero-order valence-corrected chi connectivity index (χ0v) is 19.6. The molecule has 2 amide bonds. The van der Waals surface area contributed by atoms with Gasteiger partial charge in [-0.25, -0.2) is 0 Å². The fraction of sp³-hybridized carbons (Fsp3) is 0.481. The Labute approximate surface area is 192 Å². The molecule has 0 aromatic heterocycles. The molecule has 0 saturated heterocycles. The highest BCUT2D eigenvalue weighted by molar-refractivity contribution is 5.88. The Morgan fingerprint density at radius 3 is 2.22 bits per heavy atom. The van der Waals surface area contributed by atoms with E-state index in [0.29, 0.717) is 13.0 Å². The predicted octanol–water partition coefficient (Wildman–Crippen LogP) is 4.80. The van der Waals surface area contributed by atoms with Crippen LogP contribution < -0.4 is 10.1 Å². The van der Waals surface area contributed by atoms with Gasteiger partial charge in [0, 0.05) is 12.6 Å². The lowest BCUT2D eigenvalue weighted by atomic mass is 9.95. The molecule has 1 fully saturated rings. The Bertz CT molecular complexity index is 871. The Morgan fingerprint density at radius 2 is 1.62 bits per heavy atom. The Morgan fingerprint density at radius 1 is 1.00 bits per heavy atom. The average molecular weight is 437 g/mol. The molecule has 0 radical (unpaired) electrons. The van der Waals surface area contributed by atoms with Crippen LogP contribution in [0.2, 0.25) is 0 Å². The molecule has 1 atom stereocenters. The van der Waals surface area contributed by atoms with E-state index in [1.165, 1.54) is 12.0 Å². The SMILES string of the molecule is CC[C@@H](C(=O)NC1CCCCC1)N(Cc1ccc(C)cc1)C(=O)Cc1ccc(OC)cc1. The number of ether oxygens (including phenoxy) is 1. The lowest BCUT2D eigenvalue weighted by molar-refractivity contribution is -0.141. The van der Waals surface area contributed by atoms with Crippen LogP contribution in [0.4, 0.5) is 0 Å². The number of aryl methyl sites for hydroxylation is 1. The topological polar surface area (TPSA) is 58.6 Å². The second-order valence-corrected chi connectivity index (χ2v) is 8.80. The minimum atomic E-state index is -0.482. The quantitative estimate of drug-likeness (QED) is 0.614. The Kier molecular flexibility index (Phi) is 8.72. The van der Waals surface area contributed by atoms with Crippen molar-refractivity contribution in [1.29, 1.82) is 0 Å². The summed E-state index contributed by atoms with van der Waals surface area (Å²) in [7, 11) is 1.63. The summed E-state index contributed by atoms with van der Waals surface area (Å²) in [5, 5.41) is 3.23. The van der Waals surface area contributed by atoms with Gasteiger partial charge < -0.3 is 15.0 Å². The normalized spacial score (nSPS) is 15.1. The molecule has 0 heterocycles. The second-order valence-electron chi connectivity index (χ2n) is 8.80. The molecule has 0 bridgehead atoms. The van der Waals surface area contributed by atoms with Gasteiger partial charge in [-0.15, -0.1) is 0 Å². The van der Waals surface area contributed by atoms with Crippen molar-refractivity contribution >= 4 is 11.8 Å². The molecule has 3 rings (SSSR count). The molecule has 172 valence electrons. The molecular formula is C27H36N2O3. The largest absolute Gasteiger partial charge is 0.497 e. The fourth-order valence-corrected chi connectivity index (χ4v) is 4.37. The van der Waals surface area contributed by atoms with Crippen LogP contribution in [0.25, 0.3) is 0 Å². The van der Waals surface area contributed by atoms with Crippen molar-refractivity contribution in [2.45, 2.75) is 77.4 Å². The van der Waals surface area contributed by atoms with Crippen LogP contribution in [0.1, 0.15) is 62.1 Å². The maximum Gasteiger partial charge on any atom is 0.243 e. The van der Waals surface area contributed by atoms with Gasteiger partial charge in [0.05, 0.1) is 13.5 Å². The summed E-state index contributed by atoms with van der Waals surface area (Å²) >= 11 is 0. The van der Waals surface area contributed by atoms with Crippen LogP contribution in [0.3, 0.4) is 0 Å². The molecule has 5 nitrogen and oxygen atoms in total. The highest BCUT2D eigenvalue weighted by Gasteiger charge is 2.30. The van der Waals surface area contributed by atoms with Crippen LogP contribution in [0, 0.1) is 6.92 Å². The third kappa shape index (κ3) is 6.59. The summed E-state index contributed by atoms with van der Waals surface area (Å²) in [6.07, 6.45) is 6.45. The van der Waals surface area contributed by atoms with Gasteiger partial charge in [-0.05, 0) is 49.4 Å². The number of methoxy groups -OCH3 is 1. The molecule has 0 unspecified atom stereocenters. The third-order valence-electron chi connectivity index (χ3n) is 6.33. The first-order valence-electron chi connectivity index (χ1n) is 11.8. The number of rotatable bonds is 9. The fourth-order valence-electron chi connectivity index (χ4n) is 4.37. The minimum absolute atomic E-state index is 0.0328. The summed E-state index contributed by atoms with van der Waals surface area (Å²) in [5.41, 5.74) is 3.11. The van der Waals surface area contributed by atoms with Crippen molar-refractivity contribution in [3.8, 4) is 5.75 Å². The predicted molar refractivity (Wildman–Crippen MR) is 128 cm³/mol. The highest BCUT2D eigenvalue weighted by Crippen LogP contribution is 2.20. The summed E-state index contributed by atoms with van der Waals surface area (Å²) in [5.74, 6) is 0.687. The number of benzene rings is 2. The second kappa shape index (κ2) is 11.7. The van der Waals surface area contributed by atoms with E-state index in [1.807, 2.05) is 62.4 Å². The molecular weight excluding hydrogens is 400 g/mol. The van der Waals surface area contributed by atoms with Crippen molar-refractivity contribution in [3.63, 3.8) is 0 Å². The monoisotopic (exact) mass is 436 g/mol. The summed E-state index contributed by atoms with van der Waals surface area (Å²) < 4.78 is 5.22. The molecule has 1 saturated carbocycles. The number of hydrogen-bond acceptors (Lipinski definition) is 3. The van der Waals surface area contributed by atoms with Gasteiger partial charge in [0.25, 0.3) is 0 Å². The van der Waals surface area contributed by atoms with E-state index in [0.717, 1.165) is 42.6 Å². The van der Waals surface area contributed by atoms with Crippen molar-refractivity contribution in [2.75, 3.05) is 7.11 Å². The first kappa shape index (κ1) is 23.8. The Hall–Kier alpha value is -2.82. The van der Waals surface area contributed by atoms with Crippen LogP contribution >= 0.6 is 0 Å². The van der Waals surface area contributed by atoms with Gasteiger partial charge in [-0.1, -0.05) is 68.1 Å². The Balaban J connectivity index is 1.78. The lowest BCUT2D eigenvalue weighted by Gasteiger charge is -2.33. The lowest BCUT2D eigenvalue weighted by Crippen LogP contribution is -2.51. The standard InChI is InChI=1S/C27H36N2O3/c1-4-25(27(31)28-23-8-6-5-7-9-23)29(19-22-12-10-20(2)11-13-22)26(30)18-21-14-16-24(32-3)17-15-21/h10-17,23,25H,4-9,18-19H2,1-3H3,(H,28,31)/t25-/m0/s1. The molecule has 1 aliphatic rings.